The van der Waals surface area contributed by atoms with Gasteiger partial charge >= 0.3 is 0 Å². The van der Waals surface area contributed by atoms with E-state index in [1.54, 1.807) is 6.92 Å². The number of rotatable bonds is 0. The average molecular weight is 258 g/mol. The van der Waals surface area contributed by atoms with Crippen LogP contribution in [0.3, 0.4) is 0 Å². The molecule has 0 spiro atoms. The highest BCUT2D eigenvalue weighted by Crippen LogP contribution is 2.32. The molecule has 11 heavy (non-hydrogen) atoms. The molecule has 0 N–H and O–H groups in total. The van der Waals surface area contributed by atoms with Crippen LogP contribution in [-0.2, 0) is 0 Å². The van der Waals surface area contributed by atoms with E-state index in [1.807, 2.05) is 0 Å². The molecule has 0 aliphatic heterocycles. The van der Waals surface area contributed by atoms with Crippen LogP contribution in [0.1, 0.15) is 5.56 Å². The summed E-state index contributed by atoms with van der Waals surface area (Å²) in [6.45, 7) is 1.61. The standard InChI is InChI=1S/C7H4BrCl2F/c1-3-6(8)4(9)2-5(10)7(3)11/h2H,1H3. The number of benzene rings is 1. The van der Waals surface area contributed by atoms with Gasteiger partial charge in [0.25, 0.3) is 0 Å². The summed E-state index contributed by atoms with van der Waals surface area (Å²) < 4.78 is 13.5. The van der Waals surface area contributed by atoms with E-state index in [1.165, 1.54) is 6.07 Å². The van der Waals surface area contributed by atoms with Crippen LogP contribution < -0.4 is 0 Å². The lowest BCUT2D eigenvalue weighted by Gasteiger charge is -2.03. The third-order valence-electron chi connectivity index (χ3n) is 1.33. The third-order valence-corrected chi connectivity index (χ3v) is 3.15. The summed E-state index contributed by atoms with van der Waals surface area (Å²) in [7, 11) is 0. The van der Waals surface area contributed by atoms with Gasteiger partial charge in [-0.05, 0) is 28.9 Å². The Morgan fingerprint density at radius 3 is 2.45 bits per heavy atom. The van der Waals surface area contributed by atoms with E-state index in [-0.39, 0.29) is 5.02 Å². The molecule has 0 aliphatic carbocycles. The quantitative estimate of drug-likeness (QED) is 0.611. The van der Waals surface area contributed by atoms with E-state index >= 15 is 0 Å². The first-order valence-electron chi connectivity index (χ1n) is 2.83. The van der Waals surface area contributed by atoms with Gasteiger partial charge in [-0.15, -0.1) is 0 Å². The van der Waals surface area contributed by atoms with E-state index in [2.05, 4.69) is 15.9 Å². The van der Waals surface area contributed by atoms with E-state index in [0.717, 1.165) is 0 Å². The maximum absolute atomic E-state index is 13.0. The van der Waals surface area contributed by atoms with Crippen molar-refractivity contribution in [3.8, 4) is 0 Å². The molecule has 0 atom stereocenters. The molecule has 0 aromatic heterocycles. The minimum atomic E-state index is -0.428. The van der Waals surface area contributed by atoms with Gasteiger partial charge in [0.1, 0.15) is 5.82 Å². The van der Waals surface area contributed by atoms with Gasteiger partial charge < -0.3 is 0 Å². The number of halogens is 4. The lowest BCUT2D eigenvalue weighted by molar-refractivity contribution is 0.618. The van der Waals surface area contributed by atoms with Crippen LogP contribution in [0.5, 0.6) is 0 Å². The predicted octanol–water partition coefficient (Wildman–Crippen LogP) is 4.20. The van der Waals surface area contributed by atoms with Crippen molar-refractivity contribution in [1.29, 1.82) is 0 Å². The highest BCUT2D eigenvalue weighted by atomic mass is 79.9. The molecule has 0 fully saturated rings. The monoisotopic (exact) mass is 256 g/mol. The number of hydrogen-bond acceptors (Lipinski definition) is 0. The topological polar surface area (TPSA) is 0 Å². The summed E-state index contributed by atoms with van der Waals surface area (Å²) in [5.74, 6) is -0.428. The van der Waals surface area contributed by atoms with Crippen molar-refractivity contribution in [3.05, 3.63) is 32.0 Å². The summed E-state index contributed by atoms with van der Waals surface area (Å²) in [6, 6.07) is 1.37. The van der Waals surface area contributed by atoms with Crippen molar-refractivity contribution in [2.75, 3.05) is 0 Å². The maximum Gasteiger partial charge on any atom is 0.145 e. The summed E-state index contributed by atoms with van der Waals surface area (Å²) in [5.41, 5.74) is 0.433. The van der Waals surface area contributed by atoms with Crippen molar-refractivity contribution in [2.45, 2.75) is 6.92 Å². The minimum Gasteiger partial charge on any atom is -0.205 e. The second-order valence-corrected chi connectivity index (χ2v) is 3.70. The van der Waals surface area contributed by atoms with Crippen molar-refractivity contribution in [2.24, 2.45) is 0 Å². The molecule has 0 heterocycles. The molecule has 4 heteroatoms. The van der Waals surface area contributed by atoms with Gasteiger partial charge in [-0.1, -0.05) is 23.2 Å². The largest absolute Gasteiger partial charge is 0.205 e. The minimum absolute atomic E-state index is 0.0516. The average Bonchev–Trinajstić information content (AvgIpc) is 1.97. The molecular weight excluding hydrogens is 254 g/mol. The van der Waals surface area contributed by atoms with Crippen LogP contribution in [0, 0.1) is 12.7 Å². The first kappa shape index (κ1) is 9.30. The van der Waals surface area contributed by atoms with E-state index in [4.69, 9.17) is 23.2 Å². The molecule has 0 nitrogen and oxygen atoms in total. The molecule has 0 saturated heterocycles. The molecule has 1 aromatic carbocycles. The molecular formula is C7H4BrCl2F. The summed E-state index contributed by atoms with van der Waals surface area (Å²) in [5, 5.41) is 0.476. The summed E-state index contributed by atoms with van der Waals surface area (Å²) >= 11 is 14.3. The Balaban J connectivity index is 3.46. The maximum atomic E-state index is 13.0. The number of hydrogen-bond donors (Lipinski definition) is 0. The molecule has 0 radical (unpaired) electrons. The fourth-order valence-corrected chi connectivity index (χ4v) is 1.54. The van der Waals surface area contributed by atoms with Gasteiger partial charge in [0.15, 0.2) is 0 Å². The summed E-state index contributed by atoms with van der Waals surface area (Å²) in [6.07, 6.45) is 0. The Hall–Kier alpha value is 0.210. The van der Waals surface area contributed by atoms with E-state index in [0.29, 0.717) is 15.1 Å². The summed E-state index contributed by atoms with van der Waals surface area (Å²) in [4.78, 5) is 0. The lowest BCUT2D eigenvalue weighted by atomic mass is 10.2. The van der Waals surface area contributed by atoms with E-state index in [9.17, 15) is 4.39 Å². The van der Waals surface area contributed by atoms with Crippen LogP contribution in [0.4, 0.5) is 4.39 Å². The molecule has 1 aromatic rings. The van der Waals surface area contributed by atoms with Gasteiger partial charge in [0.05, 0.1) is 10.0 Å². The van der Waals surface area contributed by atoms with Gasteiger partial charge in [-0.3, -0.25) is 0 Å². The van der Waals surface area contributed by atoms with Crippen LogP contribution in [0.25, 0.3) is 0 Å². The Labute approximate surface area is 82.4 Å². The highest BCUT2D eigenvalue weighted by Gasteiger charge is 2.10. The smallest absolute Gasteiger partial charge is 0.145 e. The van der Waals surface area contributed by atoms with Gasteiger partial charge in [-0.2, -0.15) is 0 Å². The molecule has 0 amide bonds. The first-order chi connectivity index (χ1) is 5.04. The van der Waals surface area contributed by atoms with Crippen molar-refractivity contribution in [3.63, 3.8) is 0 Å². The van der Waals surface area contributed by atoms with Crippen LogP contribution in [0.2, 0.25) is 10.0 Å². The molecule has 0 saturated carbocycles. The van der Waals surface area contributed by atoms with Crippen molar-refractivity contribution < 1.29 is 4.39 Å². The first-order valence-corrected chi connectivity index (χ1v) is 4.38. The van der Waals surface area contributed by atoms with E-state index < -0.39 is 5.82 Å². The van der Waals surface area contributed by atoms with Crippen molar-refractivity contribution >= 4 is 39.1 Å². The molecule has 1 rings (SSSR count). The zero-order valence-electron chi connectivity index (χ0n) is 5.59. The SMILES string of the molecule is Cc1c(F)c(Cl)cc(Cl)c1Br. The third kappa shape index (κ3) is 1.68. The van der Waals surface area contributed by atoms with Gasteiger partial charge in [0, 0.05) is 10.0 Å². The second-order valence-electron chi connectivity index (χ2n) is 2.09. The Morgan fingerprint density at radius 1 is 1.36 bits per heavy atom. The van der Waals surface area contributed by atoms with Gasteiger partial charge in [0.2, 0.25) is 0 Å². The normalized spacial score (nSPS) is 10.3. The molecule has 60 valence electrons. The Bertz CT molecular complexity index is 273. The van der Waals surface area contributed by atoms with Crippen LogP contribution >= 0.6 is 39.1 Å². The fraction of sp³-hybridized carbons (Fsp3) is 0.143. The lowest BCUT2D eigenvalue weighted by Crippen LogP contribution is -1.86. The molecule has 0 unspecified atom stereocenters. The Kier molecular flexibility index (Phi) is 2.79. The second kappa shape index (κ2) is 3.30. The predicted molar refractivity (Wildman–Crippen MR) is 48.9 cm³/mol. The zero-order chi connectivity index (χ0) is 8.59. The fourth-order valence-electron chi connectivity index (χ4n) is 0.693. The van der Waals surface area contributed by atoms with Crippen LogP contribution in [0.15, 0.2) is 10.5 Å². The molecule has 0 aliphatic rings. The van der Waals surface area contributed by atoms with Gasteiger partial charge in [-0.25, -0.2) is 4.39 Å². The van der Waals surface area contributed by atoms with Crippen molar-refractivity contribution in [1.82, 2.24) is 0 Å². The molecule has 0 bridgehead atoms. The zero-order valence-corrected chi connectivity index (χ0v) is 8.69. The van der Waals surface area contributed by atoms with Crippen LogP contribution in [-0.4, -0.2) is 0 Å². The highest BCUT2D eigenvalue weighted by molar-refractivity contribution is 9.10. The Morgan fingerprint density at radius 2 is 1.91 bits per heavy atom.